The summed E-state index contributed by atoms with van der Waals surface area (Å²) in [4.78, 5) is 16.8. The lowest BCUT2D eigenvalue weighted by Crippen LogP contribution is -2.29. The molecule has 0 aromatic carbocycles. The summed E-state index contributed by atoms with van der Waals surface area (Å²) in [6, 6.07) is 0.313. The highest BCUT2D eigenvalue weighted by atomic mass is 31.2. The van der Waals surface area contributed by atoms with Crippen LogP contribution in [0.4, 0.5) is 0 Å². The summed E-state index contributed by atoms with van der Waals surface area (Å²) < 4.78 is 4.51. The highest BCUT2D eigenvalue weighted by Gasteiger charge is 2.14. The molecule has 66 valence electrons. The van der Waals surface area contributed by atoms with Gasteiger partial charge in [-0.15, -0.1) is 0 Å². The zero-order chi connectivity index (χ0) is 8.10. The first-order valence-electron chi connectivity index (χ1n) is 3.89. The minimum Gasteiger partial charge on any atom is -0.327 e. The van der Waals surface area contributed by atoms with Crippen LogP contribution < -0.4 is 5.48 Å². The number of rotatable bonds is 3. The van der Waals surface area contributed by atoms with Gasteiger partial charge >= 0.3 is 8.60 Å². The fraction of sp³-hybridized carbons (Fsp3) is 1.00. The fourth-order valence-corrected chi connectivity index (χ4v) is 1.59. The van der Waals surface area contributed by atoms with E-state index in [4.69, 9.17) is 9.79 Å². The van der Waals surface area contributed by atoms with Crippen LogP contribution in [0, 0.1) is 0 Å². The molecule has 1 rings (SSSR count). The Kier molecular flexibility index (Phi) is 4.26. The van der Waals surface area contributed by atoms with Crippen LogP contribution in [-0.2, 0) is 4.62 Å². The van der Waals surface area contributed by atoms with Gasteiger partial charge in [0.15, 0.2) is 0 Å². The highest BCUT2D eigenvalue weighted by molar-refractivity contribution is 7.39. The van der Waals surface area contributed by atoms with Crippen molar-refractivity contribution in [3.63, 3.8) is 0 Å². The zero-order valence-electron chi connectivity index (χ0n) is 6.36. The Labute approximate surface area is 67.5 Å². The van der Waals surface area contributed by atoms with Crippen LogP contribution in [0.25, 0.3) is 0 Å². The molecule has 1 saturated carbocycles. The molecule has 11 heavy (non-hydrogen) atoms. The van der Waals surface area contributed by atoms with E-state index in [0.29, 0.717) is 6.04 Å². The van der Waals surface area contributed by atoms with E-state index in [2.05, 4.69) is 10.1 Å². The molecule has 0 aromatic rings. The molecule has 0 saturated heterocycles. The van der Waals surface area contributed by atoms with E-state index >= 15 is 0 Å². The van der Waals surface area contributed by atoms with E-state index in [1.54, 1.807) is 0 Å². The Morgan fingerprint density at radius 2 is 1.82 bits per heavy atom. The molecule has 0 heterocycles. The average Bonchev–Trinajstić information content (AvgIpc) is 2.03. The largest absolute Gasteiger partial charge is 0.345 e. The molecule has 0 bridgehead atoms. The lowest BCUT2D eigenvalue weighted by atomic mass is 9.96. The molecular weight excluding hydrogens is 165 g/mol. The van der Waals surface area contributed by atoms with Crippen LogP contribution in [-0.4, -0.2) is 15.8 Å². The third kappa shape index (κ3) is 3.99. The normalized spacial score (nSPS) is 21.0. The van der Waals surface area contributed by atoms with Gasteiger partial charge in [0, 0.05) is 6.04 Å². The first-order valence-corrected chi connectivity index (χ1v) is 5.06. The van der Waals surface area contributed by atoms with Crippen molar-refractivity contribution in [1.82, 2.24) is 5.48 Å². The van der Waals surface area contributed by atoms with Crippen molar-refractivity contribution >= 4 is 8.60 Å². The second kappa shape index (κ2) is 5.01. The Morgan fingerprint density at radius 3 is 2.36 bits per heavy atom. The maximum absolute atomic E-state index is 8.42. The average molecular weight is 179 g/mol. The summed E-state index contributed by atoms with van der Waals surface area (Å²) >= 11 is 0. The molecule has 0 aromatic heterocycles. The predicted octanol–water partition coefficient (Wildman–Crippen LogP) is 1.05. The van der Waals surface area contributed by atoms with Crippen LogP contribution >= 0.6 is 8.60 Å². The van der Waals surface area contributed by atoms with Crippen molar-refractivity contribution in [1.29, 1.82) is 0 Å². The summed E-state index contributed by atoms with van der Waals surface area (Å²) in [5.74, 6) is 0. The van der Waals surface area contributed by atoms with Gasteiger partial charge in [-0.05, 0) is 12.8 Å². The summed E-state index contributed by atoms with van der Waals surface area (Å²) in [7, 11) is -2.24. The van der Waals surface area contributed by atoms with Crippen LogP contribution in [0.3, 0.4) is 0 Å². The van der Waals surface area contributed by atoms with Crippen LogP contribution in [0.2, 0.25) is 0 Å². The van der Waals surface area contributed by atoms with Crippen LogP contribution in [0.5, 0.6) is 0 Å². The first-order chi connectivity index (χ1) is 5.29. The van der Waals surface area contributed by atoms with Crippen molar-refractivity contribution in [3.05, 3.63) is 0 Å². The van der Waals surface area contributed by atoms with E-state index in [9.17, 15) is 0 Å². The number of nitrogens with one attached hydrogen (secondary N) is 1. The van der Waals surface area contributed by atoms with Gasteiger partial charge in [-0.1, -0.05) is 19.3 Å². The van der Waals surface area contributed by atoms with Crippen molar-refractivity contribution in [2.75, 3.05) is 0 Å². The van der Waals surface area contributed by atoms with E-state index in [1.165, 1.54) is 19.3 Å². The van der Waals surface area contributed by atoms with E-state index in [1.807, 2.05) is 0 Å². The Hall–Kier alpha value is 0.270. The Balaban J connectivity index is 2.05. The molecule has 0 radical (unpaired) electrons. The van der Waals surface area contributed by atoms with Gasteiger partial charge in [-0.2, -0.15) is 5.48 Å². The van der Waals surface area contributed by atoms with E-state index in [-0.39, 0.29) is 0 Å². The van der Waals surface area contributed by atoms with Gasteiger partial charge < -0.3 is 9.79 Å². The molecule has 0 spiro atoms. The first kappa shape index (κ1) is 9.36. The van der Waals surface area contributed by atoms with E-state index < -0.39 is 8.60 Å². The SMILES string of the molecule is OP(O)ONC1CCCCC1. The molecular formula is C6H14NO3P. The second-order valence-corrected chi connectivity index (χ2v) is 3.48. The zero-order valence-corrected chi connectivity index (χ0v) is 7.26. The minimum absolute atomic E-state index is 0.313. The van der Waals surface area contributed by atoms with Crippen molar-refractivity contribution < 1.29 is 14.4 Å². The molecule has 0 unspecified atom stereocenters. The van der Waals surface area contributed by atoms with Crippen LogP contribution in [0.15, 0.2) is 0 Å². The van der Waals surface area contributed by atoms with Crippen molar-refractivity contribution in [3.8, 4) is 0 Å². The molecule has 0 atom stereocenters. The molecule has 5 heteroatoms. The van der Waals surface area contributed by atoms with Crippen LogP contribution in [0.1, 0.15) is 32.1 Å². The molecule has 1 fully saturated rings. The lowest BCUT2D eigenvalue weighted by molar-refractivity contribution is 0.113. The molecule has 4 nitrogen and oxygen atoms in total. The number of hydrogen-bond donors (Lipinski definition) is 3. The molecule has 3 N–H and O–H groups in total. The minimum atomic E-state index is -2.24. The lowest BCUT2D eigenvalue weighted by Gasteiger charge is -2.21. The smallest absolute Gasteiger partial charge is 0.327 e. The third-order valence-corrected chi connectivity index (χ3v) is 2.17. The molecule has 1 aliphatic carbocycles. The highest BCUT2D eigenvalue weighted by Crippen LogP contribution is 2.24. The summed E-state index contributed by atoms with van der Waals surface area (Å²) in [6.45, 7) is 0. The molecule has 0 amide bonds. The van der Waals surface area contributed by atoms with Gasteiger partial charge in [-0.3, -0.25) is 0 Å². The maximum atomic E-state index is 8.42. The monoisotopic (exact) mass is 179 g/mol. The summed E-state index contributed by atoms with van der Waals surface area (Å²) in [5, 5.41) is 0. The van der Waals surface area contributed by atoms with E-state index in [0.717, 1.165) is 12.8 Å². The fourth-order valence-electron chi connectivity index (χ4n) is 1.34. The van der Waals surface area contributed by atoms with Crippen molar-refractivity contribution in [2.24, 2.45) is 0 Å². The molecule has 0 aliphatic heterocycles. The summed E-state index contributed by atoms with van der Waals surface area (Å²) in [6.07, 6.45) is 5.84. The van der Waals surface area contributed by atoms with Gasteiger partial charge in [-0.25, -0.2) is 4.62 Å². The topological polar surface area (TPSA) is 61.7 Å². The summed E-state index contributed by atoms with van der Waals surface area (Å²) in [5.41, 5.74) is 2.65. The van der Waals surface area contributed by atoms with Gasteiger partial charge in [0.25, 0.3) is 0 Å². The third-order valence-electron chi connectivity index (χ3n) is 1.91. The van der Waals surface area contributed by atoms with Crippen molar-refractivity contribution in [2.45, 2.75) is 38.1 Å². The molecule has 1 aliphatic rings. The quantitative estimate of drug-likeness (QED) is 0.447. The number of hydrogen-bond acceptors (Lipinski definition) is 4. The van der Waals surface area contributed by atoms with Gasteiger partial charge in [0.1, 0.15) is 0 Å². The second-order valence-electron chi connectivity index (χ2n) is 2.80. The van der Waals surface area contributed by atoms with Gasteiger partial charge in [0.2, 0.25) is 0 Å². The maximum Gasteiger partial charge on any atom is 0.345 e. The predicted molar refractivity (Wildman–Crippen MR) is 42.5 cm³/mol. The standard InChI is InChI=1S/C6H14NO3P/c8-11(9)10-7-6-4-2-1-3-5-6/h6-9H,1-5H2. The van der Waals surface area contributed by atoms with Gasteiger partial charge in [0.05, 0.1) is 0 Å². The Bertz CT molecular complexity index is 106. The number of hydroxylamine groups is 1. The Morgan fingerprint density at radius 1 is 1.18 bits per heavy atom.